The summed E-state index contributed by atoms with van der Waals surface area (Å²) in [5.41, 5.74) is 2.90. The van der Waals surface area contributed by atoms with Crippen molar-refractivity contribution in [3.8, 4) is 5.75 Å². The standard InChI is InChI=1S/C16H25NO.2ClH.Zr/c1-5-6-7-8-14(4)17-11-15-10-12(2)9-13(3)16(15)18;;;/h9-11,14,18H,5-8H2,1-4H3;2*1H;/q;;;+2/p-2. The van der Waals surface area contributed by atoms with Gasteiger partial charge in [0.05, 0.1) is 0 Å². The summed E-state index contributed by atoms with van der Waals surface area (Å²) < 4.78 is 0. The molecule has 0 saturated heterocycles. The van der Waals surface area contributed by atoms with E-state index in [1.807, 2.05) is 32.2 Å². The maximum absolute atomic E-state index is 9.96. The summed E-state index contributed by atoms with van der Waals surface area (Å²) in [5, 5.41) is 9.96. The Morgan fingerprint density at radius 3 is 2.48 bits per heavy atom. The summed E-state index contributed by atoms with van der Waals surface area (Å²) in [7, 11) is 9.87. The molecule has 0 fully saturated rings. The van der Waals surface area contributed by atoms with Gasteiger partial charge in [-0.15, -0.1) is 0 Å². The Morgan fingerprint density at radius 2 is 1.90 bits per heavy atom. The zero-order valence-corrected chi connectivity index (χ0v) is 17.3. The Morgan fingerprint density at radius 1 is 1.29 bits per heavy atom. The Hall–Kier alpha value is 0.153. The van der Waals surface area contributed by atoms with Crippen LogP contribution in [0, 0.1) is 13.8 Å². The van der Waals surface area contributed by atoms with Crippen LogP contribution in [0.5, 0.6) is 5.75 Å². The summed E-state index contributed by atoms with van der Waals surface area (Å²) in [6, 6.07) is 4.29. The molecule has 0 saturated carbocycles. The molecule has 0 spiro atoms. The molecular formula is C16H25Cl2NOZr. The molecule has 1 aromatic carbocycles. The monoisotopic (exact) mass is 407 g/mol. The second-order valence-corrected chi connectivity index (χ2v) is 8.95. The summed E-state index contributed by atoms with van der Waals surface area (Å²) >= 11 is -0.826. The third-order valence-electron chi connectivity index (χ3n) is 3.17. The number of aryl methyl sites for hydroxylation is 2. The molecule has 1 aromatic rings. The Bertz CT molecular complexity index is 439. The molecule has 1 atom stereocenters. The van der Waals surface area contributed by atoms with E-state index in [1.165, 1.54) is 19.3 Å². The third kappa shape index (κ3) is 9.71. The van der Waals surface area contributed by atoms with Crippen molar-refractivity contribution < 1.29 is 26.0 Å². The number of aromatic hydroxyl groups is 1. The van der Waals surface area contributed by atoms with Gasteiger partial charge in [-0.1, -0.05) is 32.3 Å². The van der Waals surface area contributed by atoms with Crippen LogP contribution in [0.1, 0.15) is 56.2 Å². The number of phenolic OH excluding ortho intramolecular Hbond substituents is 1. The van der Waals surface area contributed by atoms with E-state index in [-0.39, 0.29) is 0 Å². The Kier molecular flexibility index (Phi) is 12.8. The van der Waals surface area contributed by atoms with Crippen molar-refractivity contribution in [1.29, 1.82) is 0 Å². The van der Waals surface area contributed by atoms with E-state index in [4.69, 9.17) is 17.0 Å². The molecule has 0 aliphatic rings. The van der Waals surface area contributed by atoms with Crippen LogP contribution in [0.2, 0.25) is 0 Å². The number of halogens is 2. The molecule has 2 nitrogen and oxygen atoms in total. The van der Waals surface area contributed by atoms with Gasteiger partial charge in [0.2, 0.25) is 0 Å². The zero-order chi connectivity index (χ0) is 16.3. The van der Waals surface area contributed by atoms with Crippen LogP contribution in [-0.2, 0) is 20.8 Å². The van der Waals surface area contributed by atoms with Crippen molar-refractivity contribution in [3.63, 3.8) is 0 Å². The molecule has 0 amide bonds. The normalized spacial score (nSPS) is 11.9. The number of hydrogen-bond donors (Lipinski definition) is 1. The van der Waals surface area contributed by atoms with Crippen molar-refractivity contribution in [2.45, 2.75) is 59.4 Å². The van der Waals surface area contributed by atoms with Gasteiger partial charge in [0.25, 0.3) is 0 Å². The van der Waals surface area contributed by atoms with E-state index in [1.54, 1.807) is 0 Å². The summed E-state index contributed by atoms with van der Waals surface area (Å²) in [4.78, 5) is 4.52. The molecule has 0 radical (unpaired) electrons. The average molecular weight is 410 g/mol. The minimum absolute atomic E-state index is 0.330. The molecule has 118 valence electrons. The number of phenols is 1. The molecular weight excluding hydrogens is 384 g/mol. The topological polar surface area (TPSA) is 32.6 Å². The second kappa shape index (κ2) is 12.7. The van der Waals surface area contributed by atoms with E-state index in [0.29, 0.717) is 11.8 Å². The number of benzene rings is 1. The fraction of sp³-hybridized carbons (Fsp3) is 0.562. The van der Waals surface area contributed by atoms with Crippen LogP contribution in [0.4, 0.5) is 0 Å². The first-order chi connectivity index (χ1) is 9.96. The molecule has 0 aliphatic carbocycles. The van der Waals surface area contributed by atoms with Gasteiger partial charge in [-0.3, -0.25) is 4.99 Å². The fourth-order valence-electron chi connectivity index (χ4n) is 2.06. The van der Waals surface area contributed by atoms with Crippen molar-refractivity contribution >= 4 is 23.2 Å². The van der Waals surface area contributed by atoms with E-state index >= 15 is 0 Å². The molecule has 1 rings (SSSR count). The summed E-state index contributed by atoms with van der Waals surface area (Å²) in [5.74, 6) is 0.352. The quantitative estimate of drug-likeness (QED) is 0.469. The van der Waals surface area contributed by atoms with E-state index in [2.05, 4.69) is 18.8 Å². The predicted octanol–water partition coefficient (Wildman–Crippen LogP) is 5.77. The van der Waals surface area contributed by atoms with Crippen LogP contribution in [0.25, 0.3) is 0 Å². The number of unbranched alkanes of at least 4 members (excludes halogenated alkanes) is 2. The Balaban J connectivity index is 0.00000122. The van der Waals surface area contributed by atoms with Crippen molar-refractivity contribution in [1.82, 2.24) is 0 Å². The second-order valence-electron chi connectivity index (χ2n) is 5.21. The maximum atomic E-state index is 9.96. The van der Waals surface area contributed by atoms with Gasteiger partial charge in [0, 0.05) is 17.8 Å². The first kappa shape index (κ1) is 21.2. The molecule has 21 heavy (non-hydrogen) atoms. The first-order valence-electron chi connectivity index (χ1n) is 7.25. The van der Waals surface area contributed by atoms with Crippen LogP contribution in [0.15, 0.2) is 17.1 Å². The number of hydrogen-bond acceptors (Lipinski definition) is 2. The molecule has 1 N–H and O–H groups in total. The first-order valence-corrected chi connectivity index (χ1v) is 13.6. The van der Waals surface area contributed by atoms with Crippen molar-refractivity contribution in [3.05, 3.63) is 28.8 Å². The van der Waals surface area contributed by atoms with Gasteiger partial charge in [0.1, 0.15) is 5.75 Å². The minimum atomic E-state index is -0.826. The molecule has 0 aromatic heterocycles. The predicted molar refractivity (Wildman–Crippen MR) is 90.5 cm³/mol. The summed E-state index contributed by atoms with van der Waals surface area (Å²) in [6.07, 6.45) is 6.68. The van der Waals surface area contributed by atoms with Crippen LogP contribution in [0.3, 0.4) is 0 Å². The van der Waals surface area contributed by atoms with Crippen LogP contribution in [-0.4, -0.2) is 17.4 Å². The van der Waals surface area contributed by atoms with Gasteiger partial charge in [0.15, 0.2) is 0 Å². The van der Waals surface area contributed by atoms with E-state index < -0.39 is 20.8 Å². The molecule has 0 bridgehead atoms. The average Bonchev–Trinajstić information content (AvgIpc) is 2.42. The molecule has 1 unspecified atom stereocenters. The van der Waals surface area contributed by atoms with Gasteiger partial charge in [-0.05, 0) is 44.4 Å². The number of rotatable bonds is 6. The van der Waals surface area contributed by atoms with Crippen LogP contribution >= 0.6 is 17.0 Å². The fourth-order valence-corrected chi connectivity index (χ4v) is 2.06. The molecule has 0 aliphatic heterocycles. The SMILES string of the molecule is CCCCCC(C)N=Cc1cc(C)cc(C)c1O.[Cl][Zr][Cl]. The number of nitrogens with zero attached hydrogens (tertiary/aromatic N) is 1. The summed E-state index contributed by atoms with van der Waals surface area (Å²) in [6.45, 7) is 8.30. The zero-order valence-electron chi connectivity index (χ0n) is 13.3. The molecule has 0 heterocycles. The van der Waals surface area contributed by atoms with Gasteiger partial charge < -0.3 is 5.11 Å². The van der Waals surface area contributed by atoms with Crippen molar-refractivity contribution in [2.24, 2.45) is 4.99 Å². The molecule has 5 heteroatoms. The van der Waals surface area contributed by atoms with Crippen molar-refractivity contribution in [2.75, 3.05) is 0 Å². The van der Waals surface area contributed by atoms with Gasteiger partial charge in [-0.25, -0.2) is 0 Å². The number of aliphatic imine (C=N–C) groups is 1. The van der Waals surface area contributed by atoms with Gasteiger partial charge in [-0.2, -0.15) is 0 Å². The van der Waals surface area contributed by atoms with E-state index in [0.717, 1.165) is 23.1 Å². The Labute approximate surface area is 147 Å². The van der Waals surface area contributed by atoms with E-state index in [9.17, 15) is 5.11 Å². The third-order valence-corrected chi connectivity index (χ3v) is 3.17. The van der Waals surface area contributed by atoms with Crippen LogP contribution < -0.4 is 0 Å². The van der Waals surface area contributed by atoms with Gasteiger partial charge >= 0.3 is 37.9 Å².